The van der Waals surface area contributed by atoms with Crippen LogP contribution in [0.1, 0.15) is 51.5 Å². The van der Waals surface area contributed by atoms with E-state index in [1.807, 2.05) is 18.2 Å². The maximum Gasteiger partial charge on any atom is 0.126 e. The summed E-state index contributed by atoms with van der Waals surface area (Å²) >= 11 is 0. The molecule has 0 aliphatic heterocycles. The van der Waals surface area contributed by atoms with Crippen LogP contribution in [0.15, 0.2) is 30.8 Å². The molecule has 1 heteroatoms. The fourth-order valence-corrected chi connectivity index (χ4v) is 1.79. The van der Waals surface area contributed by atoms with Gasteiger partial charge in [-0.2, -0.15) is 0 Å². The molecule has 17 heavy (non-hydrogen) atoms. The van der Waals surface area contributed by atoms with Crippen molar-refractivity contribution in [2.24, 2.45) is 0 Å². The van der Waals surface area contributed by atoms with Gasteiger partial charge in [0.25, 0.3) is 0 Å². The zero-order chi connectivity index (χ0) is 12.5. The van der Waals surface area contributed by atoms with Gasteiger partial charge in [0.05, 0.1) is 6.61 Å². The van der Waals surface area contributed by atoms with Gasteiger partial charge in [0.1, 0.15) is 5.75 Å². The minimum Gasteiger partial charge on any atom is -0.493 e. The summed E-state index contributed by atoms with van der Waals surface area (Å²) in [6, 6.07) is 8.19. The molecule has 0 saturated carbocycles. The van der Waals surface area contributed by atoms with Crippen LogP contribution in [-0.4, -0.2) is 6.61 Å². The van der Waals surface area contributed by atoms with Crippen molar-refractivity contribution >= 4 is 5.57 Å². The summed E-state index contributed by atoms with van der Waals surface area (Å²) < 4.78 is 5.85. The topological polar surface area (TPSA) is 9.23 Å². The zero-order valence-corrected chi connectivity index (χ0v) is 11.2. The molecule has 0 saturated heterocycles. The van der Waals surface area contributed by atoms with Crippen LogP contribution in [0, 0.1) is 0 Å². The third kappa shape index (κ3) is 4.64. The number of hydrogen-bond donors (Lipinski definition) is 0. The summed E-state index contributed by atoms with van der Waals surface area (Å²) in [5, 5.41) is 0. The van der Waals surface area contributed by atoms with Gasteiger partial charge < -0.3 is 4.74 Å². The first-order valence-electron chi connectivity index (χ1n) is 6.69. The predicted molar refractivity (Wildman–Crippen MR) is 75.4 cm³/mol. The van der Waals surface area contributed by atoms with E-state index in [1.54, 1.807) is 0 Å². The van der Waals surface area contributed by atoms with Crippen molar-refractivity contribution in [3.05, 3.63) is 36.4 Å². The summed E-state index contributed by atoms with van der Waals surface area (Å²) in [7, 11) is 0. The molecule has 1 nitrogen and oxygen atoms in total. The van der Waals surface area contributed by atoms with Gasteiger partial charge >= 0.3 is 0 Å². The van der Waals surface area contributed by atoms with Gasteiger partial charge in [-0.15, -0.1) is 0 Å². The molecule has 0 unspecified atom stereocenters. The van der Waals surface area contributed by atoms with E-state index in [1.165, 1.54) is 19.3 Å². The Morgan fingerprint density at radius 2 is 1.88 bits per heavy atom. The lowest BCUT2D eigenvalue weighted by Gasteiger charge is -2.12. The number of unbranched alkanes of at least 4 members (excludes halogenated alkanes) is 3. The van der Waals surface area contributed by atoms with E-state index < -0.39 is 0 Å². The summed E-state index contributed by atoms with van der Waals surface area (Å²) in [5.41, 5.74) is 2.31. The lowest BCUT2D eigenvalue weighted by atomic mass is 10.0. The highest BCUT2D eigenvalue weighted by Crippen LogP contribution is 2.26. The zero-order valence-electron chi connectivity index (χ0n) is 11.2. The fraction of sp³-hybridized carbons (Fsp3) is 0.500. The van der Waals surface area contributed by atoms with Crippen molar-refractivity contribution in [2.45, 2.75) is 46.0 Å². The van der Waals surface area contributed by atoms with Gasteiger partial charge in [-0.25, -0.2) is 0 Å². The maximum atomic E-state index is 5.85. The van der Waals surface area contributed by atoms with Gasteiger partial charge in [0.2, 0.25) is 0 Å². The fourth-order valence-electron chi connectivity index (χ4n) is 1.79. The molecule has 0 radical (unpaired) electrons. The molecule has 0 aliphatic rings. The second-order valence-electron chi connectivity index (χ2n) is 4.36. The highest BCUT2D eigenvalue weighted by molar-refractivity contribution is 5.68. The van der Waals surface area contributed by atoms with Crippen LogP contribution in [0.25, 0.3) is 5.57 Å². The molecule has 0 heterocycles. The Labute approximate surface area is 106 Å². The Morgan fingerprint density at radius 1 is 1.12 bits per heavy atom. The highest BCUT2D eigenvalue weighted by Gasteiger charge is 2.04. The van der Waals surface area contributed by atoms with Crippen LogP contribution < -0.4 is 4.74 Å². The summed E-state index contributed by atoms with van der Waals surface area (Å²) in [6.07, 6.45) is 5.93. The second-order valence-corrected chi connectivity index (χ2v) is 4.36. The van der Waals surface area contributed by atoms with Crippen LogP contribution in [0.2, 0.25) is 0 Å². The molecule has 0 atom stereocenters. The van der Waals surface area contributed by atoms with Crippen LogP contribution in [-0.2, 0) is 0 Å². The van der Waals surface area contributed by atoms with Gasteiger partial charge in [-0.3, -0.25) is 0 Å². The maximum absolute atomic E-state index is 5.85. The van der Waals surface area contributed by atoms with Gasteiger partial charge in [-0.1, -0.05) is 57.9 Å². The van der Waals surface area contributed by atoms with Crippen LogP contribution >= 0.6 is 0 Å². The summed E-state index contributed by atoms with van der Waals surface area (Å²) in [6.45, 7) is 9.24. The third-order valence-corrected chi connectivity index (χ3v) is 2.95. The van der Waals surface area contributed by atoms with E-state index >= 15 is 0 Å². The van der Waals surface area contributed by atoms with Crippen LogP contribution in [0.4, 0.5) is 0 Å². The Hall–Kier alpha value is -1.24. The molecule has 0 N–H and O–H groups in total. The highest BCUT2D eigenvalue weighted by atomic mass is 16.5. The van der Waals surface area contributed by atoms with Gasteiger partial charge in [0.15, 0.2) is 0 Å². The van der Waals surface area contributed by atoms with Crippen molar-refractivity contribution in [1.29, 1.82) is 0 Å². The van der Waals surface area contributed by atoms with E-state index in [2.05, 4.69) is 26.5 Å². The molecule has 1 aromatic rings. The van der Waals surface area contributed by atoms with Crippen molar-refractivity contribution in [1.82, 2.24) is 0 Å². The molecule has 1 rings (SSSR count). The number of rotatable bonds is 8. The molecular formula is C16H24O. The van der Waals surface area contributed by atoms with Crippen LogP contribution in [0.5, 0.6) is 5.75 Å². The minimum absolute atomic E-state index is 0.813. The third-order valence-electron chi connectivity index (χ3n) is 2.95. The first kappa shape index (κ1) is 13.8. The molecular weight excluding hydrogens is 208 g/mol. The number of allylic oxidation sites excluding steroid dienone is 1. The normalized spacial score (nSPS) is 10.2. The van der Waals surface area contributed by atoms with Crippen LogP contribution in [0.3, 0.4) is 0 Å². The number of ether oxygens (including phenoxy) is 1. The van der Waals surface area contributed by atoms with Crippen molar-refractivity contribution in [3.8, 4) is 5.75 Å². The molecule has 0 amide bonds. The largest absolute Gasteiger partial charge is 0.493 e. The van der Waals surface area contributed by atoms with E-state index in [0.29, 0.717) is 0 Å². The molecule has 0 bridgehead atoms. The lowest BCUT2D eigenvalue weighted by Crippen LogP contribution is -1.99. The quantitative estimate of drug-likeness (QED) is 0.569. The Bertz CT molecular complexity index is 341. The van der Waals surface area contributed by atoms with Gasteiger partial charge in [0, 0.05) is 5.56 Å². The molecule has 0 spiro atoms. The van der Waals surface area contributed by atoms with Crippen molar-refractivity contribution < 1.29 is 4.74 Å². The van der Waals surface area contributed by atoms with Crippen molar-refractivity contribution in [3.63, 3.8) is 0 Å². The van der Waals surface area contributed by atoms with E-state index in [9.17, 15) is 0 Å². The lowest BCUT2D eigenvalue weighted by molar-refractivity contribution is 0.304. The Balaban J connectivity index is 2.49. The smallest absolute Gasteiger partial charge is 0.126 e. The SMILES string of the molecule is C=C(CC)c1ccccc1OCCCCCC. The van der Waals surface area contributed by atoms with E-state index in [-0.39, 0.29) is 0 Å². The predicted octanol–water partition coefficient (Wildman–Crippen LogP) is 5.07. The average Bonchev–Trinajstić information content (AvgIpc) is 2.38. The molecule has 1 aromatic carbocycles. The van der Waals surface area contributed by atoms with Crippen molar-refractivity contribution in [2.75, 3.05) is 6.61 Å². The second kappa shape index (κ2) is 7.94. The van der Waals surface area contributed by atoms with E-state index in [4.69, 9.17) is 4.74 Å². The molecule has 0 aliphatic carbocycles. The number of para-hydroxylation sites is 1. The summed E-state index contributed by atoms with van der Waals surface area (Å²) in [4.78, 5) is 0. The Morgan fingerprint density at radius 3 is 2.59 bits per heavy atom. The first-order valence-corrected chi connectivity index (χ1v) is 6.69. The minimum atomic E-state index is 0.813. The molecule has 94 valence electrons. The average molecular weight is 232 g/mol. The monoisotopic (exact) mass is 232 g/mol. The molecule has 0 aromatic heterocycles. The number of hydrogen-bond acceptors (Lipinski definition) is 1. The number of benzene rings is 1. The Kier molecular flexibility index (Phi) is 6.46. The summed E-state index contributed by atoms with van der Waals surface area (Å²) in [5.74, 6) is 0.982. The molecule has 0 fully saturated rings. The van der Waals surface area contributed by atoms with E-state index in [0.717, 1.165) is 36.3 Å². The standard InChI is InChI=1S/C16H24O/c1-4-6-7-10-13-17-16-12-9-8-11-15(16)14(3)5-2/h8-9,11-12H,3-7,10,13H2,1-2H3. The van der Waals surface area contributed by atoms with Gasteiger partial charge in [-0.05, 0) is 24.5 Å². The first-order chi connectivity index (χ1) is 8.29.